The molecular weight excluding hydrogens is 935 g/mol. The van der Waals surface area contributed by atoms with E-state index in [4.69, 9.17) is 9.15 Å². The van der Waals surface area contributed by atoms with Crippen molar-refractivity contribution in [2.75, 3.05) is 0 Å². The number of pyridine rings is 1. The number of alkyl halides is 12. The van der Waals surface area contributed by atoms with E-state index >= 15 is 0 Å². The molecule has 2 aromatic heterocycles. The predicted octanol–water partition coefficient (Wildman–Crippen LogP) is 14.3. The normalized spacial score (nSPS) is 12.8. The Morgan fingerprint density at radius 3 is 1.49 bits per heavy atom. The molecule has 0 radical (unpaired) electrons. The molecule has 0 aliphatic heterocycles. The number of aryl methyl sites for hydroxylation is 2. The number of benzene rings is 7. The second-order valence-electron chi connectivity index (χ2n) is 16.5. The number of ether oxygens (including phenoxy) is 1. The Labute approximate surface area is 379 Å². The molecule has 0 amide bonds. The van der Waals surface area contributed by atoms with E-state index in [1.807, 2.05) is 20.8 Å². The molecule has 9 aromatic rings. The zero-order valence-electron chi connectivity index (χ0n) is 35.6. The van der Waals surface area contributed by atoms with Crippen LogP contribution in [-0.4, -0.2) is 10.5 Å². The molecule has 2 heterocycles. The van der Waals surface area contributed by atoms with Gasteiger partial charge < -0.3 is 9.15 Å². The van der Waals surface area contributed by atoms with E-state index in [0.717, 1.165) is 28.8 Å². The van der Waals surface area contributed by atoms with Crippen molar-refractivity contribution < 1.29 is 66.6 Å². The average Bonchev–Trinajstić information content (AvgIpc) is 3.26. The van der Waals surface area contributed by atoms with Crippen LogP contribution in [0.25, 0.3) is 71.4 Å². The van der Waals surface area contributed by atoms with Gasteiger partial charge in [0.1, 0.15) is 16.9 Å². The third-order valence-corrected chi connectivity index (χ3v) is 12.1. The molecule has 9 rings (SSSR count). The van der Waals surface area contributed by atoms with Gasteiger partial charge in [0.25, 0.3) is 11.1 Å². The lowest BCUT2D eigenvalue weighted by molar-refractivity contribution is -0.144. The highest BCUT2D eigenvalue weighted by Gasteiger charge is 2.39. The molecule has 69 heavy (non-hydrogen) atoms. The molecule has 0 N–H and O–H groups in total. The molecular formula is C51H29F12NO5. The van der Waals surface area contributed by atoms with Crippen molar-refractivity contribution in [3.05, 3.63) is 174 Å². The highest BCUT2D eigenvalue weighted by Crippen LogP contribution is 2.49. The maximum atomic E-state index is 14.8. The number of esters is 1. The van der Waals surface area contributed by atoms with Crippen LogP contribution < -0.4 is 15.9 Å². The SMILES string of the molecule is Cc1cc(OC(=O)Cc2ccc(-n3c(=O)c4cc(-c5cc(C(F)(F)F)cc(C(F)(F)F)c5)c5oc6ccccc6c6c(-c7cc(C(F)(F)F)cc(C(F)(F)F)c7)cc(c3=O)c4c56)cc2)cc(C)c1C. The van der Waals surface area contributed by atoms with Crippen LogP contribution in [0.3, 0.4) is 0 Å². The molecule has 0 saturated carbocycles. The van der Waals surface area contributed by atoms with Crippen molar-refractivity contribution in [2.45, 2.75) is 51.9 Å². The Kier molecular flexibility index (Phi) is 10.8. The van der Waals surface area contributed by atoms with Crippen molar-refractivity contribution in [1.82, 2.24) is 4.57 Å². The van der Waals surface area contributed by atoms with E-state index in [1.165, 1.54) is 48.5 Å². The van der Waals surface area contributed by atoms with Gasteiger partial charge in [0.05, 0.1) is 34.4 Å². The summed E-state index contributed by atoms with van der Waals surface area (Å²) in [6.45, 7) is 5.58. The van der Waals surface area contributed by atoms with E-state index in [9.17, 15) is 67.1 Å². The first kappa shape index (κ1) is 46.5. The molecule has 0 aliphatic rings. The van der Waals surface area contributed by atoms with Crippen molar-refractivity contribution in [1.29, 1.82) is 0 Å². The zero-order valence-corrected chi connectivity index (χ0v) is 35.6. The Balaban J connectivity index is 1.37. The first-order valence-electron chi connectivity index (χ1n) is 20.5. The number of halogens is 12. The molecule has 18 heteroatoms. The highest BCUT2D eigenvalue weighted by atomic mass is 19.4. The standard InChI is InChI=1S/C51H29F12NO5/c1-23-12-34(13-24(2)25(23)3)68-41(65)14-26-8-10-33(11-9-26)64-46(66)38-21-36(27-15-29(48(52,53)54)19-30(16-27)49(55,56)57)42-35-6-4-5-7-40(35)69-45-37(22-39(47(64)67)43(38)44(42)45)28-17-31(50(58,59)60)20-32(18-28)51(61,62)63/h4-13,15-22H,14H2,1-3H3. The van der Waals surface area contributed by atoms with E-state index < -0.39 is 103 Å². The lowest BCUT2D eigenvalue weighted by atomic mass is 9.86. The smallest absolute Gasteiger partial charge is 0.416 e. The van der Waals surface area contributed by atoms with Gasteiger partial charge in [0.15, 0.2) is 0 Å². The molecule has 0 saturated heterocycles. The summed E-state index contributed by atoms with van der Waals surface area (Å²) >= 11 is 0. The number of carbonyl (C=O) groups excluding carboxylic acids is 1. The fraction of sp³-hybridized carbons (Fsp3) is 0.157. The van der Waals surface area contributed by atoms with Gasteiger partial charge in [-0.15, -0.1) is 0 Å². The number of rotatable bonds is 6. The number of hydrogen-bond acceptors (Lipinski definition) is 5. The summed E-state index contributed by atoms with van der Waals surface area (Å²) in [6, 6.07) is 17.2. The van der Waals surface area contributed by atoms with Crippen LogP contribution in [0, 0.1) is 20.8 Å². The van der Waals surface area contributed by atoms with Crippen LogP contribution in [0.4, 0.5) is 52.7 Å². The molecule has 0 fully saturated rings. The number of hydrogen-bond donors (Lipinski definition) is 0. The predicted molar refractivity (Wildman–Crippen MR) is 233 cm³/mol. The number of aromatic nitrogens is 1. The Hall–Kier alpha value is -7.63. The highest BCUT2D eigenvalue weighted by molar-refractivity contribution is 6.32. The van der Waals surface area contributed by atoms with Crippen molar-refractivity contribution in [2.24, 2.45) is 0 Å². The second-order valence-corrected chi connectivity index (χ2v) is 16.5. The minimum Gasteiger partial charge on any atom is -0.455 e. The molecule has 6 nitrogen and oxygen atoms in total. The van der Waals surface area contributed by atoms with Crippen molar-refractivity contribution in [3.8, 4) is 33.7 Å². The quantitative estimate of drug-likeness (QED) is 0.0545. The summed E-state index contributed by atoms with van der Waals surface area (Å²) in [5, 5.41) is -1.96. The van der Waals surface area contributed by atoms with Crippen LogP contribution in [-0.2, 0) is 35.9 Å². The topological polar surface area (TPSA) is 78.5 Å². The van der Waals surface area contributed by atoms with Gasteiger partial charge in [-0.3, -0.25) is 14.4 Å². The fourth-order valence-electron chi connectivity index (χ4n) is 8.58. The zero-order chi connectivity index (χ0) is 49.9. The molecule has 0 bridgehead atoms. The monoisotopic (exact) mass is 963 g/mol. The summed E-state index contributed by atoms with van der Waals surface area (Å²) in [5.41, 5.74) is -9.80. The average molecular weight is 964 g/mol. The van der Waals surface area contributed by atoms with E-state index in [2.05, 4.69) is 0 Å². The Bertz CT molecular complexity index is 3590. The van der Waals surface area contributed by atoms with Gasteiger partial charge in [0, 0.05) is 37.9 Å². The van der Waals surface area contributed by atoms with Gasteiger partial charge in [-0.25, -0.2) is 4.57 Å². The van der Waals surface area contributed by atoms with Gasteiger partial charge >= 0.3 is 30.7 Å². The fourth-order valence-corrected chi connectivity index (χ4v) is 8.58. The Morgan fingerprint density at radius 2 is 1.00 bits per heavy atom. The third-order valence-electron chi connectivity index (χ3n) is 12.1. The summed E-state index contributed by atoms with van der Waals surface area (Å²) in [7, 11) is 0. The molecule has 0 spiro atoms. The molecule has 0 aliphatic carbocycles. The van der Waals surface area contributed by atoms with Crippen molar-refractivity contribution in [3.63, 3.8) is 0 Å². The third kappa shape index (κ3) is 8.31. The summed E-state index contributed by atoms with van der Waals surface area (Å²) in [5.74, 6) is -0.396. The number of para-hydroxylation sites is 1. The number of nitrogens with zero attached hydrogens (tertiary/aromatic N) is 1. The number of carbonyl (C=O) groups is 1. The maximum absolute atomic E-state index is 14.8. The van der Waals surface area contributed by atoms with Gasteiger partial charge in [-0.1, -0.05) is 30.3 Å². The minimum absolute atomic E-state index is 0.0234. The largest absolute Gasteiger partial charge is 0.455 e. The number of fused-ring (bicyclic) bond motifs is 2. The molecule has 0 unspecified atom stereocenters. The van der Waals surface area contributed by atoms with E-state index in [0.29, 0.717) is 34.4 Å². The Morgan fingerprint density at radius 1 is 0.536 bits per heavy atom. The van der Waals surface area contributed by atoms with Crippen LogP contribution in [0.15, 0.2) is 123 Å². The second kappa shape index (κ2) is 16.0. The lowest BCUT2D eigenvalue weighted by Crippen LogP contribution is -2.32. The van der Waals surface area contributed by atoms with Crippen molar-refractivity contribution >= 4 is 49.5 Å². The lowest BCUT2D eigenvalue weighted by Gasteiger charge is -2.21. The summed E-state index contributed by atoms with van der Waals surface area (Å²) in [6.07, 6.45) is -21.7. The molecule has 7 aromatic carbocycles. The van der Waals surface area contributed by atoms with Crippen LogP contribution >= 0.6 is 0 Å². The van der Waals surface area contributed by atoms with Crippen LogP contribution in [0.2, 0.25) is 0 Å². The maximum Gasteiger partial charge on any atom is 0.416 e. The first-order valence-corrected chi connectivity index (χ1v) is 20.5. The minimum atomic E-state index is -5.36. The first-order chi connectivity index (χ1) is 32.2. The van der Waals surface area contributed by atoms with Crippen LogP contribution in [0.5, 0.6) is 5.75 Å². The summed E-state index contributed by atoms with van der Waals surface area (Å²) in [4.78, 5) is 42.6. The van der Waals surface area contributed by atoms with Gasteiger partial charge in [0.2, 0.25) is 0 Å². The summed E-state index contributed by atoms with van der Waals surface area (Å²) < 4.78 is 185. The van der Waals surface area contributed by atoms with Gasteiger partial charge in [-0.05, 0) is 139 Å². The molecule has 0 atom stereocenters. The molecule has 352 valence electrons. The van der Waals surface area contributed by atoms with E-state index in [1.54, 1.807) is 12.1 Å². The van der Waals surface area contributed by atoms with Crippen LogP contribution in [0.1, 0.15) is 44.5 Å². The van der Waals surface area contributed by atoms with E-state index in [-0.39, 0.29) is 57.1 Å². The van der Waals surface area contributed by atoms with Gasteiger partial charge in [-0.2, -0.15) is 52.7 Å².